The molecule has 0 bridgehead atoms. The van der Waals surface area contributed by atoms with Crippen molar-refractivity contribution in [1.29, 1.82) is 0 Å². The van der Waals surface area contributed by atoms with Gasteiger partial charge < -0.3 is 5.32 Å². The first-order valence-corrected chi connectivity index (χ1v) is 6.38. The lowest BCUT2D eigenvalue weighted by molar-refractivity contribution is 0.102. The fourth-order valence-corrected chi connectivity index (χ4v) is 2.14. The number of rotatable bonds is 2. The topological polar surface area (TPSA) is 57.8 Å². The molecule has 4 nitrogen and oxygen atoms in total. The molecule has 0 aliphatic carbocycles. The van der Waals surface area contributed by atoms with E-state index in [4.69, 9.17) is 0 Å². The summed E-state index contributed by atoms with van der Waals surface area (Å²) in [6.45, 7) is 5.64. The maximum Gasteiger partial charge on any atom is 0.256 e. The minimum atomic E-state index is -0.124. The first-order chi connectivity index (χ1) is 8.50. The van der Waals surface area contributed by atoms with Crippen LogP contribution < -0.4 is 5.32 Å². The molecular formula is C13H14BrN3O. The molecule has 2 aromatic rings. The molecule has 1 amide bonds. The number of benzene rings is 1. The van der Waals surface area contributed by atoms with Crippen LogP contribution in [-0.2, 0) is 0 Å². The van der Waals surface area contributed by atoms with Gasteiger partial charge in [-0.05, 0) is 38.5 Å². The minimum absolute atomic E-state index is 0.124. The van der Waals surface area contributed by atoms with Gasteiger partial charge in [0.1, 0.15) is 0 Å². The van der Waals surface area contributed by atoms with Crippen LogP contribution in [0.3, 0.4) is 0 Å². The van der Waals surface area contributed by atoms with Gasteiger partial charge in [0.2, 0.25) is 0 Å². The molecule has 0 atom stereocenters. The zero-order valence-electron chi connectivity index (χ0n) is 10.5. The van der Waals surface area contributed by atoms with Crippen molar-refractivity contribution < 1.29 is 4.79 Å². The van der Waals surface area contributed by atoms with E-state index < -0.39 is 0 Å². The van der Waals surface area contributed by atoms with Gasteiger partial charge in [-0.2, -0.15) is 5.10 Å². The number of carbonyl (C=O) groups excluding carboxylic acids is 1. The Balaban J connectivity index is 2.31. The third-order valence-electron chi connectivity index (χ3n) is 2.88. The van der Waals surface area contributed by atoms with Crippen LogP contribution >= 0.6 is 15.9 Å². The van der Waals surface area contributed by atoms with Crippen molar-refractivity contribution >= 4 is 27.5 Å². The van der Waals surface area contributed by atoms with Crippen LogP contribution in [0.4, 0.5) is 5.69 Å². The highest BCUT2D eigenvalue weighted by atomic mass is 79.9. The van der Waals surface area contributed by atoms with Crippen molar-refractivity contribution in [3.8, 4) is 0 Å². The number of hydrogen-bond acceptors (Lipinski definition) is 2. The van der Waals surface area contributed by atoms with Gasteiger partial charge in [-0.1, -0.05) is 22.0 Å². The van der Waals surface area contributed by atoms with Gasteiger partial charge in [-0.25, -0.2) is 0 Å². The standard InChI is InChI=1S/C13H14BrN3O/c1-7-10(5-4-6-11(7)14)13(18)15-12-8(2)16-17-9(12)3/h4-6H,1-3H3,(H,15,18)(H,16,17). The molecule has 2 N–H and O–H groups in total. The number of nitrogens with one attached hydrogen (secondary N) is 2. The Labute approximate surface area is 114 Å². The quantitative estimate of drug-likeness (QED) is 0.894. The van der Waals surface area contributed by atoms with Gasteiger partial charge in [0, 0.05) is 10.0 Å². The Bertz CT molecular complexity index is 585. The Kier molecular flexibility index (Phi) is 3.52. The first kappa shape index (κ1) is 12.8. The van der Waals surface area contributed by atoms with E-state index in [9.17, 15) is 4.79 Å². The average Bonchev–Trinajstić information content (AvgIpc) is 2.64. The predicted molar refractivity (Wildman–Crippen MR) is 74.9 cm³/mol. The lowest BCUT2D eigenvalue weighted by Gasteiger charge is -2.08. The zero-order valence-corrected chi connectivity index (χ0v) is 12.1. The highest BCUT2D eigenvalue weighted by molar-refractivity contribution is 9.10. The summed E-state index contributed by atoms with van der Waals surface area (Å²) in [4.78, 5) is 12.2. The molecule has 0 fully saturated rings. The van der Waals surface area contributed by atoms with Crippen molar-refractivity contribution in [2.75, 3.05) is 5.32 Å². The monoisotopic (exact) mass is 307 g/mol. The molecule has 18 heavy (non-hydrogen) atoms. The van der Waals surface area contributed by atoms with Crippen LogP contribution in [0.15, 0.2) is 22.7 Å². The summed E-state index contributed by atoms with van der Waals surface area (Å²) in [5, 5.41) is 9.79. The number of aromatic amines is 1. The van der Waals surface area contributed by atoms with Crippen molar-refractivity contribution in [1.82, 2.24) is 10.2 Å². The van der Waals surface area contributed by atoms with E-state index in [1.165, 1.54) is 0 Å². The Morgan fingerprint density at radius 3 is 2.67 bits per heavy atom. The third kappa shape index (κ3) is 2.31. The van der Waals surface area contributed by atoms with E-state index in [1.54, 1.807) is 6.07 Å². The second-order valence-corrected chi connectivity index (χ2v) is 5.03. The number of aryl methyl sites for hydroxylation is 2. The Morgan fingerprint density at radius 2 is 2.06 bits per heavy atom. The van der Waals surface area contributed by atoms with Crippen molar-refractivity contribution in [3.63, 3.8) is 0 Å². The normalized spacial score (nSPS) is 10.4. The van der Waals surface area contributed by atoms with Crippen LogP contribution in [0.5, 0.6) is 0 Å². The second-order valence-electron chi connectivity index (χ2n) is 4.18. The smallest absolute Gasteiger partial charge is 0.256 e. The van der Waals surface area contributed by atoms with Crippen LogP contribution in [0.1, 0.15) is 27.3 Å². The maximum atomic E-state index is 12.2. The summed E-state index contributed by atoms with van der Waals surface area (Å²) >= 11 is 3.42. The highest BCUT2D eigenvalue weighted by Crippen LogP contribution is 2.22. The molecule has 0 unspecified atom stereocenters. The number of halogens is 1. The van der Waals surface area contributed by atoms with Gasteiger partial charge in [-0.15, -0.1) is 0 Å². The van der Waals surface area contributed by atoms with E-state index in [2.05, 4.69) is 31.4 Å². The van der Waals surface area contributed by atoms with Crippen molar-refractivity contribution in [3.05, 3.63) is 45.2 Å². The second kappa shape index (κ2) is 4.94. The SMILES string of the molecule is Cc1n[nH]c(C)c1NC(=O)c1cccc(Br)c1C. The fraction of sp³-hybridized carbons (Fsp3) is 0.231. The highest BCUT2D eigenvalue weighted by Gasteiger charge is 2.14. The predicted octanol–water partition coefficient (Wildman–Crippen LogP) is 3.35. The zero-order chi connectivity index (χ0) is 13.3. The summed E-state index contributed by atoms with van der Waals surface area (Å²) in [6.07, 6.45) is 0. The number of hydrogen-bond donors (Lipinski definition) is 2. The van der Waals surface area contributed by atoms with E-state index in [0.29, 0.717) is 5.56 Å². The minimum Gasteiger partial charge on any atom is -0.319 e. The summed E-state index contributed by atoms with van der Waals surface area (Å²) in [5.41, 5.74) is 3.97. The molecule has 1 aromatic heterocycles. The maximum absolute atomic E-state index is 12.2. The third-order valence-corrected chi connectivity index (χ3v) is 3.74. The van der Waals surface area contributed by atoms with Crippen LogP contribution in [0.25, 0.3) is 0 Å². The molecule has 2 rings (SSSR count). The lowest BCUT2D eigenvalue weighted by atomic mass is 10.1. The summed E-state index contributed by atoms with van der Waals surface area (Å²) in [5.74, 6) is -0.124. The summed E-state index contributed by atoms with van der Waals surface area (Å²) in [6, 6.07) is 5.57. The van der Waals surface area contributed by atoms with Crippen molar-refractivity contribution in [2.45, 2.75) is 20.8 Å². The molecule has 0 aliphatic rings. The van der Waals surface area contributed by atoms with E-state index in [0.717, 1.165) is 27.1 Å². The summed E-state index contributed by atoms with van der Waals surface area (Å²) in [7, 11) is 0. The number of anilines is 1. The lowest BCUT2D eigenvalue weighted by Crippen LogP contribution is -2.14. The molecular weight excluding hydrogens is 294 g/mol. The van der Waals surface area contributed by atoms with Gasteiger partial charge >= 0.3 is 0 Å². The van der Waals surface area contributed by atoms with Gasteiger partial charge in [0.25, 0.3) is 5.91 Å². The first-order valence-electron chi connectivity index (χ1n) is 5.58. The molecule has 94 valence electrons. The molecule has 1 heterocycles. The number of H-pyrrole nitrogens is 1. The van der Waals surface area contributed by atoms with E-state index in [1.807, 2.05) is 32.9 Å². The number of nitrogens with zero attached hydrogens (tertiary/aromatic N) is 1. The van der Waals surface area contributed by atoms with Gasteiger partial charge in [0.15, 0.2) is 0 Å². The number of carbonyl (C=O) groups is 1. The van der Waals surface area contributed by atoms with Crippen molar-refractivity contribution in [2.24, 2.45) is 0 Å². The van der Waals surface area contributed by atoms with Gasteiger partial charge in [-0.3, -0.25) is 9.89 Å². The Morgan fingerprint density at radius 1 is 1.33 bits per heavy atom. The van der Waals surface area contributed by atoms with E-state index >= 15 is 0 Å². The van der Waals surface area contributed by atoms with Gasteiger partial charge in [0.05, 0.1) is 17.1 Å². The molecule has 5 heteroatoms. The molecule has 1 aromatic carbocycles. The van der Waals surface area contributed by atoms with E-state index in [-0.39, 0.29) is 5.91 Å². The number of amides is 1. The molecule has 0 saturated carbocycles. The molecule has 0 saturated heterocycles. The number of aromatic nitrogens is 2. The van der Waals surface area contributed by atoms with Crippen LogP contribution in [0, 0.1) is 20.8 Å². The molecule has 0 radical (unpaired) electrons. The fourth-order valence-electron chi connectivity index (χ4n) is 1.77. The van der Waals surface area contributed by atoms with Crippen LogP contribution in [-0.4, -0.2) is 16.1 Å². The largest absolute Gasteiger partial charge is 0.319 e. The summed E-state index contributed by atoms with van der Waals surface area (Å²) < 4.78 is 0.927. The van der Waals surface area contributed by atoms with Crippen LogP contribution in [0.2, 0.25) is 0 Å². The Hall–Kier alpha value is -1.62. The average molecular weight is 308 g/mol. The molecule has 0 aliphatic heterocycles. The molecule has 0 spiro atoms.